The fraction of sp³-hybridized carbons (Fsp3) is 0.900. The van der Waals surface area contributed by atoms with E-state index in [9.17, 15) is 0 Å². The van der Waals surface area contributed by atoms with Gasteiger partial charge in [0.2, 0.25) is 0 Å². The zero-order chi connectivity index (χ0) is 9.36. The van der Waals surface area contributed by atoms with Crippen molar-refractivity contribution in [2.45, 2.75) is 37.6 Å². The minimum atomic E-state index is 0.0328. The van der Waals surface area contributed by atoms with Crippen molar-refractivity contribution < 1.29 is 5.11 Å². The molecule has 0 spiro atoms. The van der Waals surface area contributed by atoms with Gasteiger partial charge in [-0.05, 0) is 31.1 Å². The largest absolute Gasteiger partial charge is 0.394 e. The maximum absolute atomic E-state index is 9.08. The summed E-state index contributed by atoms with van der Waals surface area (Å²) in [5, 5.41) is 21.1. The van der Waals surface area contributed by atoms with Crippen molar-refractivity contribution in [2.24, 2.45) is 5.41 Å². The fourth-order valence-corrected chi connectivity index (χ4v) is 1.68. The van der Waals surface area contributed by atoms with Gasteiger partial charge in [-0.3, -0.25) is 0 Å². The maximum Gasteiger partial charge on any atom is 0.0628 e. The third kappa shape index (κ3) is 1.84. The molecule has 0 radical (unpaired) electrons. The molecule has 3 heteroatoms. The summed E-state index contributed by atoms with van der Waals surface area (Å²) in [6, 6.07) is 2.24. The number of aliphatic hydroxyl groups excluding tert-OH is 1. The van der Waals surface area contributed by atoms with Gasteiger partial charge in [-0.25, -0.2) is 0 Å². The first-order valence-electron chi connectivity index (χ1n) is 4.97. The van der Waals surface area contributed by atoms with E-state index in [1.807, 2.05) is 0 Å². The Morgan fingerprint density at radius 1 is 1.31 bits per heavy atom. The van der Waals surface area contributed by atoms with Gasteiger partial charge >= 0.3 is 0 Å². The molecule has 0 heterocycles. The molecule has 2 N–H and O–H groups in total. The van der Waals surface area contributed by atoms with Gasteiger partial charge in [0.25, 0.3) is 0 Å². The topological polar surface area (TPSA) is 56.0 Å². The molecule has 3 nitrogen and oxygen atoms in total. The Hall–Kier alpha value is -0.590. The molecule has 0 atom stereocenters. The molecule has 0 bridgehead atoms. The van der Waals surface area contributed by atoms with Crippen LogP contribution in [0, 0.1) is 16.7 Å². The highest BCUT2D eigenvalue weighted by molar-refractivity contribution is 5.07. The van der Waals surface area contributed by atoms with Gasteiger partial charge in [-0.15, -0.1) is 0 Å². The van der Waals surface area contributed by atoms with Crippen molar-refractivity contribution in [3.8, 4) is 6.07 Å². The maximum atomic E-state index is 9.08. The first-order valence-corrected chi connectivity index (χ1v) is 4.97. The van der Waals surface area contributed by atoms with Crippen molar-refractivity contribution in [2.75, 3.05) is 13.2 Å². The highest BCUT2D eigenvalue weighted by Crippen LogP contribution is 2.49. The summed E-state index contributed by atoms with van der Waals surface area (Å²) in [4.78, 5) is 0. The van der Waals surface area contributed by atoms with E-state index in [-0.39, 0.29) is 17.6 Å². The highest BCUT2D eigenvalue weighted by atomic mass is 16.3. The van der Waals surface area contributed by atoms with Crippen LogP contribution >= 0.6 is 0 Å². The molecule has 0 aromatic carbocycles. The van der Waals surface area contributed by atoms with Gasteiger partial charge in [0.15, 0.2) is 0 Å². The molecule has 0 aromatic heterocycles. The standard InChI is InChI=1S/C10H16N2O/c11-6-5-9(1-2-9)7-12-10(8-13)3-4-10/h12-13H,1-5,7-8H2. The number of rotatable bonds is 5. The Morgan fingerprint density at radius 2 is 2.00 bits per heavy atom. The number of hydrogen-bond donors (Lipinski definition) is 2. The van der Waals surface area contributed by atoms with E-state index in [1.54, 1.807) is 0 Å². The average molecular weight is 180 g/mol. The lowest BCUT2D eigenvalue weighted by molar-refractivity contribution is 0.223. The fourth-order valence-electron chi connectivity index (χ4n) is 1.68. The van der Waals surface area contributed by atoms with E-state index < -0.39 is 0 Å². The summed E-state index contributed by atoms with van der Waals surface area (Å²) in [5.41, 5.74) is 0.296. The summed E-state index contributed by atoms with van der Waals surface area (Å²) in [7, 11) is 0. The van der Waals surface area contributed by atoms with Crippen molar-refractivity contribution in [3.05, 3.63) is 0 Å². The zero-order valence-electron chi connectivity index (χ0n) is 7.84. The highest BCUT2D eigenvalue weighted by Gasteiger charge is 2.47. The lowest BCUT2D eigenvalue weighted by atomic mass is 10.0. The molecule has 2 rings (SSSR count). The molecular weight excluding hydrogens is 164 g/mol. The van der Waals surface area contributed by atoms with Crippen LogP contribution in [-0.2, 0) is 0 Å². The van der Waals surface area contributed by atoms with Crippen LogP contribution in [0.1, 0.15) is 32.1 Å². The molecule has 0 amide bonds. The smallest absolute Gasteiger partial charge is 0.0628 e. The number of hydrogen-bond acceptors (Lipinski definition) is 3. The molecular formula is C10H16N2O. The quantitative estimate of drug-likeness (QED) is 0.657. The van der Waals surface area contributed by atoms with E-state index in [0.717, 1.165) is 19.4 Å². The van der Waals surface area contributed by atoms with E-state index in [1.165, 1.54) is 12.8 Å². The first-order chi connectivity index (χ1) is 6.24. The lowest BCUT2D eigenvalue weighted by Crippen LogP contribution is -2.38. The summed E-state index contributed by atoms with van der Waals surface area (Å²) in [6.07, 6.45) is 5.20. The van der Waals surface area contributed by atoms with Crippen LogP contribution in [0.15, 0.2) is 0 Å². The van der Waals surface area contributed by atoms with Gasteiger partial charge in [-0.2, -0.15) is 5.26 Å². The second-order valence-electron chi connectivity index (χ2n) is 4.63. The Labute approximate surface area is 78.7 Å². The second-order valence-corrected chi connectivity index (χ2v) is 4.63. The third-order valence-electron chi connectivity index (χ3n) is 3.41. The monoisotopic (exact) mass is 180 g/mol. The van der Waals surface area contributed by atoms with Crippen LogP contribution in [0.4, 0.5) is 0 Å². The number of nitrogens with one attached hydrogen (secondary N) is 1. The SMILES string of the molecule is N#CCC1(CNC2(CO)CC2)CC1. The number of nitriles is 1. The van der Waals surface area contributed by atoms with Crippen LogP contribution in [0.25, 0.3) is 0 Å². The number of aliphatic hydroxyl groups is 1. The van der Waals surface area contributed by atoms with Crippen LogP contribution in [0.3, 0.4) is 0 Å². The molecule has 2 fully saturated rings. The predicted octanol–water partition coefficient (Wildman–Crippen LogP) is 0.795. The average Bonchev–Trinajstić information content (AvgIpc) is 2.99. The van der Waals surface area contributed by atoms with Crippen LogP contribution in [0.2, 0.25) is 0 Å². The van der Waals surface area contributed by atoms with Crippen LogP contribution < -0.4 is 5.32 Å². The molecule has 2 saturated carbocycles. The van der Waals surface area contributed by atoms with Gasteiger partial charge in [0, 0.05) is 18.5 Å². The van der Waals surface area contributed by atoms with Gasteiger partial charge < -0.3 is 10.4 Å². The van der Waals surface area contributed by atoms with E-state index in [0.29, 0.717) is 6.42 Å². The molecule has 0 saturated heterocycles. The Bertz CT molecular complexity index is 236. The van der Waals surface area contributed by atoms with Crippen molar-refractivity contribution in [1.29, 1.82) is 5.26 Å². The Kier molecular flexibility index (Phi) is 2.05. The van der Waals surface area contributed by atoms with Crippen molar-refractivity contribution in [3.63, 3.8) is 0 Å². The summed E-state index contributed by atoms with van der Waals surface area (Å²) < 4.78 is 0. The van der Waals surface area contributed by atoms with Gasteiger partial charge in [0.05, 0.1) is 12.7 Å². The van der Waals surface area contributed by atoms with Gasteiger partial charge in [0.1, 0.15) is 0 Å². The summed E-state index contributed by atoms with van der Waals surface area (Å²) in [5.74, 6) is 0. The van der Waals surface area contributed by atoms with Crippen molar-refractivity contribution >= 4 is 0 Å². The van der Waals surface area contributed by atoms with E-state index in [2.05, 4.69) is 11.4 Å². The van der Waals surface area contributed by atoms with E-state index in [4.69, 9.17) is 10.4 Å². The normalized spacial score (nSPS) is 26.5. The molecule has 0 aromatic rings. The predicted molar refractivity (Wildman–Crippen MR) is 49.0 cm³/mol. The summed E-state index contributed by atoms with van der Waals surface area (Å²) in [6.45, 7) is 1.16. The summed E-state index contributed by atoms with van der Waals surface area (Å²) >= 11 is 0. The van der Waals surface area contributed by atoms with E-state index >= 15 is 0 Å². The molecule has 72 valence electrons. The Balaban J connectivity index is 1.77. The van der Waals surface area contributed by atoms with Gasteiger partial charge in [-0.1, -0.05) is 0 Å². The molecule has 0 aliphatic heterocycles. The molecule has 0 unspecified atom stereocenters. The molecule has 2 aliphatic rings. The van der Waals surface area contributed by atoms with Crippen LogP contribution in [-0.4, -0.2) is 23.8 Å². The third-order valence-corrected chi connectivity index (χ3v) is 3.41. The van der Waals surface area contributed by atoms with Crippen LogP contribution in [0.5, 0.6) is 0 Å². The second kappa shape index (κ2) is 2.97. The lowest BCUT2D eigenvalue weighted by Gasteiger charge is -2.18. The minimum Gasteiger partial charge on any atom is -0.394 e. The Morgan fingerprint density at radius 3 is 2.38 bits per heavy atom. The zero-order valence-corrected chi connectivity index (χ0v) is 7.84. The molecule has 2 aliphatic carbocycles. The first kappa shape index (κ1) is 8.98. The minimum absolute atomic E-state index is 0.0328. The number of nitrogens with zero attached hydrogens (tertiary/aromatic N) is 1. The van der Waals surface area contributed by atoms with Crippen molar-refractivity contribution in [1.82, 2.24) is 5.32 Å². The molecule has 13 heavy (non-hydrogen) atoms.